The normalized spacial score (nSPS) is 11.2. The highest BCUT2D eigenvalue weighted by molar-refractivity contribution is 5.98. The summed E-state index contributed by atoms with van der Waals surface area (Å²) in [4.78, 5) is 29.0. The Morgan fingerprint density at radius 2 is 1.00 bits per heavy atom. The van der Waals surface area contributed by atoms with E-state index in [0.29, 0.717) is 11.1 Å². The maximum absolute atomic E-state index is 12.3. The lowest BCUT2D eigenvalue weighted by molar-refractivity contribution is -0.140. The third-order valence-corrected chi connectivity index (χ3v) is 6.10. The van der Waals surface area contributed by atoms with Crippen LogP contribution in [0.4, 0.5) is 11.4 Å². The molecule has 0 atom stereocenters. The zero-order valence-corrected chi connectivity index (χ0v) is 23.1. The van der Waals surface area contributed by atoms with Crippen LogP contribution in [0.3, 0.4) is 0 Å². The SMILES string of the molecule is CCN(CC)c1ccc(C=C(C#N)C(=O)OCCCOC(=O)C(C#N)=Cc2ccc(N(CC)CC)cc2)cc1. The van der Waals surface area contributed by atoms with E-state index in [9.17, 15) is 20.1 Å². The van der Waals surface area contributed by atoms with E-state index >= 15 is 0 Å². The van der Waals surface area contributed by atoms with Gasteiger partial charge in [-0.2, -0.15) is 10.5 Å². The average Bonchev–Trinajstić information content (AvgIpc) is 2.96. The number of carbonyl (C=O) groups excluding carboxylic acids is 2. The van der Waals surface area contributed by atoms with Gasteiger partial charge in [0.25, 0.3) is 0 Å². The Morgan fingerprint density at radius 3 is 1.28 bits per heavy atom. The molecule has 0 aliphatic rings. The monoisotopic (exact) mass is 528 g/mol. The van der Waals surface area contributed by atoms with Crippen LogP contribution in [-0.4, -0.2) is 51.3 Å². The molecule has 8 heteroatoms. The fourth-order valence-corrected chi connectivity index (χ4v) is 3.89. The Morgan fingerprint density at radius 1 is 0.667 bits per heavy atom. The van der Waals surface area contributed by atoms with Crippen molar-refractivity contribution in [1.82, 2.24) is 0 Å². The molecule has 0 N–H and O–H groups in total. The van der Waals surface area contributed by atoms with E-state index in [1.165, 1.54) is 12.2 Å². The fraction of sp³-hybridized carbons (Fsp3) is 0.355. The summed E-state index contributed by atoms with van der Waals surface area (Å²) in [5, 5.41) is 18.8. The standard InChI is InChI=1S/C31H36N4O4/c1-5-34(6-2)28-14-10-24(11-15-28)20-26(22-32)30(36)38-18-9-19-39-31(37)27(23-33)21-25-12-16-29(17-13-25)35(7-3)8-4/h10-17,20-21H,5-9,18-19H2,1-4H3. The summed E-state index contributed by atoms with van der Waals surface area (Å²) in [6.07, 6.45) is 3.19. The van der Waals surface area contributed by atoms with Crippen LogP contribution in [0.25, 0.3) is 12.2 Å². The minimum absolute atomic E-state index is 0.0373. The lowest BCUT2D eigenvalue weighted by atomic mass is 10.1. The van der Waals surface area contributed by atoms with Crippen molar-refractivity contribution in [2.75, 3.05) is 49.2 Å². The Labute approximate surface area is 231 Å². The molecular formula is C31H36N4O4. The molecule has 204 valence electrons. The topological polar surface area (TPSA) is 107 Å². The lowest BCUT2D eigenvalue weighted by Gasteiger charge is -2.20. The third kappa shape index (κ3) is 9.36. The lowest BCUT2D eigenvalue weighted by Crippen LogP contribution is -2.21. The molecule has 0 radical (unpaired) electrons. The summed E-state index contributed by atoms with van der Waals surface area (Å²) in [6, 6.07) is 18.9. The third-order valence-electron chi connectivity index (χ3n) is 6.10. The minimum Gasteiger partial charge on any atom is -0.461 e. The first-order valence-electron chi connectivity index (χ1n) is 13.2. The molecule has 0 bridgehead atoms. The summed E-state index contributed by atoms with van der Waals surface area (Å²) in [5.41, 5.74) is 3.32. The van der Waals surface area contributed by atoms with Gasteiger partial charge in [0.2, 0.25) is 0 Å². The van der Waals surface area contributed by atoms with E-state index < -0.39 is 11.9 Å². The molecule has 0 unspecified atom stereocenters. The smallest absolute Gasteiger partial charge is 0.348 e. The van der Waals surface area contributed by atoms with Crippen LogP contribution < -0.4 is 9.80 Å². The van der Waals surface area contributed by atoms with Crippen LogP contribution in [0.5, 0.6) is 0 Å². The molecule has 0 amide bonds. The highest BCUT2D eigenvalue weighted by Gasteiger charge is 2.13. The van der Waals surface area contributed by atoms with Gasteiger partial charge in [0.1, 0.15) is 23.3 Å². The maximum Gasteiger partial charge on any atom is 0.348 e. The Hall–Kier alpha value is -4.56. The number of hydrogen-bond acceptors (Lipinski definition) is 8. The maximum atomic E-state index is 12.3. The Balaban J connectivity index is 1.85. The van der Waals surface area contributed by atoms with Gasteiger partial charge in [0.15, 0.2) is 0 Å². The van der Waals surface area contributed by atoms with Gasteiger partial charge in [-0.05, 0) is 75.2 Å². The highest BCUT2D eigenvalue weighted by atomic mass is 16.5. The summed E-state index contributed by atoms with van der Waals surface area (Å²) >= 11 is 0. The summed E-state index contributed by atoms with van der Waals surface area (Å²) in [7, 11) is 0. The quantitative estimate of drug-likeness (QED) is 0.139. The number of carbonyl (C=O) groups is 2. The van der Waals surface area contributed by atoms with E-state index in [1.54, 1.807) is 0 Å². The van der Waals surface area contributed by atoms with Crippen molar-refractivity contribution >= 4 is 35.5 Å². The number of esters is 2. The Bertz CT molecular complexity index is 1130. The largest absolute Gasteiger partial charge is 0.461 e. The predicted molar refractivity (Wildman–Crippen MR) is 154 cm³/mol. The van der Waals surface area contributed by atoms with Crippen molar-refractivity contribution in [3.63, 3.8) is 0 Å². The fourth-order valence-electron chi connectivity index (χ4n) is 3.89. The van der Waals surface area contributed by atoms with Crippen LogP contribution in [0.2, 0.25) is 0 Å². The second kappa shape index (κ2) is 16.3. The number of anilines is 2. The van der Waals surface area contributed by atoms with Gasteiger partial charge in [-0.1, -0.05) is 24.3 Å². The Kier molecular flexibility index (Phi) is 12.8. The molecule has 39 heavy (non-hydrogen) atoms. The van der Waals surface area contributed by atoms with E-state index in [4.69, 9.17) is 9.47 Å². The summed E-state index contributed by atoms with van der Waals surface area (Å²) in [5.74, 6) is -1.50. The van der Waals surface area contributed by atoms with Crippen molar-refractivity contribution < 1.29 is 19.1 Å². The highest BCUT2D eigenvalue weighted by Crippen LogP contribution is 2.18. The molecule has 0 aliphatic heterocycles. The van der Waals surface area contributed by atoms with Gasteiger partial charge < -0.3 is 19.3 Å². The first-order valence-corrected chi connectivity index (χ1v) is 13.2. The molecule has 0 saturated carbocycles. The van der Waals surface area contributed by atoms with E-state index in [0.717, 1.165) is 37.6 Å². The molecule has 8 nitrogen and oxygen atoms in total. The van der Waals surface area contributed by atoms with Crippen molar-refractivity contribution in [1.29, 1.82) is 10.5 Å². The zero-order valence-electron chi connectivity index (χ0n) is 23.1. The number of nitriles is 2. The molecule has 0 heterocycles. The van der Waals surface area contributed by atoms with Crippen molar-refractivity contribution in [2.45, 2.75) is 34.1 Å². The van der Waals surface area contributed by atoms with Gasteiger partial charge in [-0.25, -0.2) is 9.59 Å². The molecule has 0 aliphatic carbocycles. The number of nitrogens with zero attached hydrogens (tertiary/aromatic N) is 4. The van der Waals surface area contributed by atoms with Gasteiger partial charge in [0, 0.05) is 44.0 Å². The van der Waals surface area contributed by atoms with Crippen molar-refractivity contribution in [2.24, 2.45) is 0 Å². The molecule has 2 aromatic rings. The number of rotatable bonds is 14. The van der Waals surface area contributed by atoms with Gasteiger partial charge in [0.05, 0.1) is 13.2 Å². The van der Waals surface area contributed by atoms with Crippen molar-refractivity contribution in [3.8, 4) is 12.1 Å². The van der Waals surface area contributed by atoms with Gasteiger partial charge >= 0.3 is 11.9 Å². The summed E-state index contributed by atoms with van der Waals surface area (Å²) in [6.45, 7) is 11.8. The average molecular weight is 529 g/mol. The predicted octanol–water partition coefficient (Wildman–Crippen LogP) is 5.37. The molecule has 2 aromatic carbocycles. The van der Waals surface area contributed by atoms with Crippen LogP contribution >= 0.6 is 0 Å². The van der Waals surface area contributed by atoms with E-state index in [2.05, 4.69) is 37.5 Å². The summed E-state index contributed by atoms with van der Waals surface area (Å²) < 4.78 is 10.3. The minimum atomic E-state index is -0.748. The zero-order chi connectivity index (χ0) is 28.6. The number of benzene rings is 2. The van der Waals surface area contributed by atoms with Crippen molar-refractivity contribution in [3.05, 3.63) is 70.8 Å². The van der Waals surface area contributed by atoms with E-state index in [1.807, 2.05) is 60.7 Å². The number of ether oxygens (including phenoxy) is 2. The first-order chi connectivity index (χ1) is 18.9. The van der Waals surface area contributed by atoms with Crippen LogP contribution in [0.1, 0.15) is 45.2 Å². The molecular weight excluding hydrogens is 492 g/mol. The first kappa shape index (κ1) is 30.7. The van der Waals surface area contributed by atoms with E-state index in [-0.39, 0.29) is 30.8 Å². The van der Waals surface area contributed by atoms with Gasteiger partial charge in [-0.15, -0.1) is 0 Å². The van der Waals surface area contributed by atoms with Crippen LogP contribution in [-0.2, 0) is 19.1 Å². The molecule has 0 spiro atoms. The van der Waals surface area contributed by atoms with Crippen LogP contribution in [0.15, 0.2) is 59.7 Å². The molecule has 2 rings (SSSR count). The molecule has 0 saturated heterocycles. The number of hydrogen-bond donors (Lipinski definition) is 0. The second-order valence-electron chi connectivity index (χ2n) is 8.49. The van der Waals surface area contributed by atoms with Crippen LogP contribution in [0, 0.1) is 22.7 Å². The van der Waals surface area contributed by atoms with Gasteiger partial charge in [-0.3, -0.25) is 0 Å². The molecule has 0 aromatic heterocycles. The molecule has 0 fully saturated rings. The second-order valence-corrected chi connectivity index (χ2v) is 8.49.